The van der Waals surface area contributed by atoms with Crippen LogP contribution >= 0.6 is 0 Å². The van der Waals surface area contributed by atoms with Gasteiger partial charge in [-0.2, -0.15) is 0 Å². The molecule has 3 saturated heterocycles. The normalized spacial score (nSPS) is 29.2. The van der Waals surface area contributed by atoms with Crippen molar-refractivity contribution in [1.29, 1.82) is 0 Å². The highest BCUT2D eigenvalue weighted by molar-refractivity contribution is 5.89. The Hall–Kier alpha value is -2.04. The fourth-order valence-corrected chi connectivity index (χ4v) is 4.70. The highest BCUT2D eigenvalue weighted by atomic mass is 16.2. The number of amides is 3. The molecule has 1 aromatic rings. The van der Waals surface area contributed by atoms with E-state index in [1.165, 1.54) is 0 Å². The Morgan fingerprint density at radius 3 is 2.96 bits per heavy atom. The van der Waals surface area contributed by atoms with Crippen LogP contribution in [0.5, 0.6) is 0 Å². The molecule has 0 aromatic heterocycles. The number of aryl methyl sites for hydroxylation is 1. The van der Waals surface area contributed by atoms with E-state index < -0.39 is 0 Å². The van der Waals surface area contributed by atoms with Gasteiger partial charge in [0.15, 0.2) is 0 Å². The van der Waals surface area contributed by atoms with Gasteiger partial charge in [0.25, 0.3) is 0 Å². The molecule has 3 amide bonds. The third-order valence-corrected chi connectivity index (χ3v) is 5.74. The predicted octanol–water partition coefficient (Wildman–Crippen LogP) is 2.86. The van der Waals surface area contributed by atoms with Gasteiger partial charge in [0.1, 0.15) is 0 Å². The van der Waals surface area contributed by atoms with Gasteiger partial charge in [-0.3, -0.25) is 4.79 Å². The van der Waals surface area contributed by atoms with Crippen molar-refractivity contribution in [2.75, 3.05) is 25.0 Å². The highest BCUT2D eigenvalue weighted by Gasteiger charge is 2.44. The molecule has 0 saturated carbocycles. The number of rotatable bonds is 1. The van der Waals surface area contributed by atoms with Gasteiger partial charge in [0.05, 0.1) is 0 Å². The Morgan fingerprint density at radius 2 is 2.12 bits per heavy atom. The van der Waals surface area contributed by atoms with Crippen LogP contribution in [0.4, 0.5) is 10.5 Å². The first-order chi connectivity index (χ1) is 11.6. The van der Waals surface area contributed by atoms with Crippen LogP contribution in [0.25, 0.3) is 0 Å². The summed E-state index contributed by atoms with van der Waals surface area (Å²) in [6, 6.07) is 8.24. The molecule has 0 radical (unpaired) electrons. The molecule has 3 heterocycles. The summed E-state index contributed by atoms with van der Waals surface area (Å²) in [6.45, 7) is 4.37. The molecule has 5 nitrogen and oxygen atoms in total. The summed E-state index contributed by atoms with van der Waals surface area (Å²) in [7, 11) is 0. The molecule has 3 aliphatic heterocycles. The lowest BCUT2D eigenvalue weighted by Crippen LogP contribution is -2.61. The third-order valence-electron chi connectivity index (χ3n) is 5.74. The SMILES string of the molecule is Cc1cccc(NC(=O)N2CC3CC(C2)[C@H]2CCCC(=O)N2C3)c1. The minimum atomic E-state index is -0.00844. The van der Waals surface area contributed by atoms with E-state index in [0.29, 0.717) is 30.2 Å². The van der Waals surface area contributed by atoms with Crippen molar-refractivity contribution in [2.45, 2.75) is 38.6 Å². The topological polar surface area (TPSA) is 52.7 Å². The number of carbonyl (C=O) groups is 2. The molecule has 2 bridgehead atoms. The Morgan fingerprint density at radius 1 is 1.25 bits per heavy atom. The molecule has 5 heteroatoms. The summed E-state index contributed by atoms with van der Waals surface area (Å²) >= 11 is 0. The lowest BCUT2D eigenvalue weighted by atomic mass is 9.76. The van der Waals surface area contributed by atoms with Crippen LogP contribution in [0.15, 0.2) is 24.3 Å². The maximum Gasteiger partial charge on any atom is 0.321 e. The number of piperidine rings is 3. The molecule has 0 aliphatic carbocycles. The fraction of sp³-hybridized carbons (Fsp3) is 0.579. The van der Waals surface area contributed by atoms with Crippen LogP contribution in [0.3, 0.4) is 0 Å². The molecule has 0 spiro atoms. The first-order valence-corrected chi connectivity index (χ1v) is 9.02. The maximum absolute atomic E-state index is 12.7. The minimum Gasteiger partial charge on any atom is -0.339 e. The standard InChI is InChI=1S/C19H25N3O2/c1-13-4-2-5-16(8-13)20-19(24)21-10-14-9-15(12-21)17-6-3-7-18(23)22(17)11-14/h2,4-5,8,14-15,17H,3,6-7,9-12H2,1H3,(H,20,24)/t14?,15?,17-/m1/s1. The second-order valence-electron chi connectivity index (χ2n) is 7.57. The Balaban J connectivity index is 1.45. The average Bonchev–Trinajstić information content (AvgIpc) is 2.56. The summed E-state index contributed by atoms with van der Waals surface area (Å²) < 4.78 is 0. The van der Waals surface area contributed by atoms with Gasteiger partial charge in [0, 0.05) is 37.8 Å². The number of nitrogens with one attached hydrogen (secondary N) is 1. The van der Waals surface area contributed by atoms with E-state index in [1.54, 1.807) is 0 Å². The number of hydrogen-bond donors (Lipinski definition) is 1. The van der Waals surface area contributed by atoms with E-state index in [0.717, 1.165) is 50.1 Å². The largest absolute Gasteiger partial charge is 0.339 e. The number of carbonyl (C=O) groups excluding carboxylic acids is 2. The smallest absolute Gasteiger partial charge is 0.321 e. The molecule has 1 N–H and O–H groups in total. The molecule has 4 rings (SSSR count). The molecule has 24 heavy (non-hydrogen) atoms. The lowest BCUT2D eigenvalue weighted by Gasteiger charge is -2.52. The van der Waals surface area contributed by atoms with Crippen LogP contribution in [0.1, 0.15) is 31.2 Å². The van der Waals surface area contributed by atoms with Gasteiger partial charge in [-0.05, 0) is 55.7 Å². The first kappa shape index (κ1) is 15.5. The molecule has 128 valence electrons. The van der Waals surface area contributed by atoms with Gasteiger partial charge in [-0.15, -0.1) is 0 Å². The van der Waals surface area contributed by atoms with Crippen molar-refractivity contribution in [2.24, 2.45) is 11.8 Å². The summed E-state index contributed by atoms with van der Waals surface area (Å²) in [5.41, 5.74) is 1.99. The first-order valence-electron chi connectivity index (χ1n) is 9.02. The van der Waals surface area contributed by atoms with Gasteiger partial charge >= 0.3 is 6.03 Å². The van der Waals surface area contributed by atoms with Crippen molar-refractivity contribution < 1.29 is 9.59 Å². The zero-order valence-corrected chi connectivity index (χ0v) is 14.2. The monoisotopic (exact) mass is 327 g/mol. The Labute approximate surface area is 143 Å². The van der Waals surface area contributed by atoms with Crippen LogP contribution in [-0.4, -0.2) is 47.4 Å². The Bertz CT molecular complexity index is 660. The lowest BCUT2D eigenvalue weighted by molar-refractivity contribution is -0.144. The van der Waals surface area contributed by atoms with Crippen LogP contribution in [-0.2, 0) is 4.79 Å². The quantitative estimate of drug-likeness (QED) is 0.862. The number of hydrogen-bond acceptors (Lipinski definition) is 2. The zero-order valence-electron chi connectivity index (χ0n) is 14.2. The van der Waals surface area contributed by atoms with E-state index in [1.807, 2.05) is 36.1 Å². The van der Waals surface area contributed by atoms with E-state index >= 15 is 0 Å². The van der Waals surface area contributed by atoms with Crippen LogP contribution in [0, 0.1) is 18.8 Å². The number of anilines is 1. The molecular weight excluding hydrogens is 302 g/mol. The van der Waals surface area contributed by atoms with E-state index in [-0.39, 0.29) is 6.03 Å². The number of fused-ring (bicyclic) bond motifs is 4. The van der Waals surface area contributed by atoms with Gasteiger partial charge in [-0.1, -0.05) is 12.1 Å². The van der Waals surface area contributed by atoms with Crippen LogP contribution < -0.4 is 5.32 Å². The highest BCUT2D eigenvalue weighted by Crippen LogP contribution is 2.38. The molecule has 3 aliphatic rings. The number of likely N-dealkylation sites (tertiary alicyclic amines) is 1. The molecule has 2 unspecified atom stereocenters. The summed E-state index contributed by atoms with van der Waals surface area (Å²) in [5.74, 6) is 1.17. The number of nitrogens with zero attached hydrogens (tertiary/aromatic N) is 2. The van der Waals surface area contributed by atoms with Gasteiger partial charge < -0.3 is 15.1 Å². The average molecular weight is 327 g/mol. The molecule has 1 aromatic carbocycles. The number of urea groups is 1. The molecule has 3 fully saturated rings. The van der Waals surface area contributed by atoms with E-state index in [4.69, 9.17) is 0 Å². The Kier molecular flexibility index (Phi) is 3.94. The van der Waals surface area contributed by atoms with Gasteiger partial charge in [-0.25, -0.2) is 4.79 Å². The summed E-state index contributed by atoms with van der Waals surface area (Å²) in [6.07, 6.45) is 3.95. The second-order valence-corrected chi connectivity index (χ2v) is 7.57. The third kappa shape index (κ3) is 2.87. The van der Waals surface area contributed by atoms with Crippen molar-refractivity contribution >= 4 is 17.6 Å². The van der Waals surface area contributed by atoms with Crippen molar-refractivity contribution in [3.63, 3.8) is 0 Å². The maximum atomic E-state index is 12.7. The number of benzene rings is 1. The van der Waals surface area contributed by atoms with Crippen molar-refractivity contribution in [3.05, 3.63) is 29.8 Å². The van der Waals surface area contributed by atoms with Crippen molar-refractivity contribution in [1.82, 2.24) is 9.80 Å². The van der Waals surface area contributed by atoms with Crippen LogP contribution in [0.2, 0.25) is 0 Å². The van der Waals surface area contributed by atoms with Gasteiger partial charge in [0.2, 0.25) is 5.91 Å². The van der Waals surface area contributed by atoms with Crippen molar-refractivity contribution in [3.8, 4) is 0 Å². The van der Waals surface area contributed by atoms with E-state index in [9.17, 15) is 9.59 Å². The van der Waals surface area contributed by atoms with E-state index in [2.05, 4.69) is 10.2 Å². The minimum absolute atomic E-state index is 0.00844. The summed E-state index contributed by atoms with van der Waals surface area (Å²) in [5, 5.41) is 3.03. The second kappa shape index (κ2) is 6.11. The molecular formula is C19H25N3O2. The zero-order chi connectivity index (χ0) is 16.7. The predicted molar refractivity (Wildman–Crippen MR) is 92.7 cm³/mol. The summed E-state index contributed by atoms with van der Waals surface area (Å²) in [4.78, 5) is 28.9. The fourth-order valence-electron chi connectivity index (χ4n) is 4.70. The molecule has 3 atom stereocenters.